The molecule has 0 aromatic carbocycles. The molecule has 3 nitrogen and oxygen atoms in total. The molecule has 0 amide bonds. The molecule has 0 aliphatic heterocycles. The number of ketones is 1. The number of carbonyl (C=O) groups is 2. The van der Waals surface area contributed by atoms with Crippen molar-refractivity contribution < 1.29 is 14.3 Å². The van der Waals surface area contributed by atoms with Crippen LogP contribution in [-0.4, -0.2) is 18.4 Å². The number of hydrogen-bond acceptors (Lipinski definition) is 3. The normalized spacial score (nSPS) is 10.3. The molecule has 18 heavy (non-hydrogen) atoms. The molecular weight excluding hydrogens is 228 g/mol. The van der Waals surface area contributed by atoms with Gasteiger partial charge < -0.3 is 9.53 Å². The van der Waals surface area contributed by atoms with Gasteiger partial charge in [-0.25, -0.2) is 0 Å². The second-order valence-electron chi connectivity index (χ2n) is 4.90. The Balaban J connectivity index is 3.15. The van der Waals surface area contributed by atoms with Gasteiger partial charge in [-0.3, -0.25) is 4.79 Å². The number of Topliss-reactive ketones (excluding diaryl/α,β-unsaturated/α-hetero) is 1. The molecule has 3 heteroatoms. The molecule has 0 aromatic rings. The SMILES string of the molecule is CCCCOC(=O)CCCCCCCCC(C)=O. The zero-order valence-electron chi connectivity index (χ0n) is 12.0. The Bertz CT molecular complexity index is 224. The lowest BCUT2D eigenvalue weighted by molar-refractivity contribution is -0.143. The first-order chi connectivity index (χ1) is 8.66. The van der Waals surface area contributed by atoms with E-state index in [1.807, 2.05) is 0 Å². The number of hydrogen-bond donors (Lipinski definition) is 0. The zero-order chi connectivity index (χ0) is 13.6. The lowest BCUT2D eigenvalue weighted by Crippen LogP contribution is -2.05. The molecule has 0 N–H and O–H groups in total. The summed E-state index contributed by atoms with van der Waals surface area (Å²) >= 11 is 0. The van der Waals surface area contributed by atoms with Crippen molar-refractivity contribution in [3.63, 3.8) is 0 Å². The number of esters is 1. The average molecular weight is 256 g/mol. The van der Waals surface area contributed by atoms with E-state index in [0.29, 0.717) is 19.4 Å². The molecule has 0 aliphatic carbocycles. The highest BCUT2D eigenvalue weighted by molar-refractivity contribution is 5.75. The van der Waals surface area contributed by atoms with E-state index >= 15 is 0 Å². The topological polar surface area (TPSA) is 43.4 Å². The average Bonchev–Trinajstić information content (AvgIpc) is 2.32. The van der Waals surface area contributed by atoms with Crippen molar-refractivity contribution >= 4 is 11.8 Å². The van der Waals surface area contributed by atoms with Gasteiger partial charge in [0.15, 0.2) is 0 Å². The summed E-state index contributed by atoms with van der Waals surface area (Å²) in [6.45, 7) is 4.30. The Morgan fingerprint density at radius 3 is 1.94 bits per heavy atom. The highest BCUT2D eigenvalue weighted by Crippen LogP contribution is 2.09. The van der Waals surface area contributed by atoms with E-state index in [9.17, 15) is 9.59 Å². The van der Waals surface area contributed by atoms with E-state index < -0.39 is 0 Å². The minimum atomic E-state index is -0.0555. The second kappa shape index (κ2) is 12.6. The largest absolute Gasteiger partial charge is 0.466 e. The molecule has 106 valence electrons. The van der Waals surface area contributed by atoms with E-state index in [0.717, 1.165) is 51.4 Å². The molecular formula is C15H28O3. The van der Waals surface area contributed by atoms with Crippen molar-refractivity contribution in [2.24, 2.45) is 0 Å². The molecule has 0 fully saturated rings. The van der Waals surface area contributed by atoms with Crippen LogP contribution < -0.4 is 0 Å². The predicted molar refractivity (Wildman–Crippen MR) is 73.5 cm³/mol. The van der Waals surface area contributed by atoms with Gasteiger partial charge in [-0.15, -0.1) is 0 Å². The van der Waals surface area contributed by atoms with Crippen LogP contribution in [0.4, 0.5) is 0 Å². The Labute approximate surface area is 111 Å². The molecule has 0 unspecified atom stereocenters. The Morgan fingerprint density at radius 2 is 1.39 bits per heavy atom. The summed E-state index contributed by atoms with van der Waals surface area (Å²) in [5.41, 5.74) is 0. The van der Waals surface area contributed by atoms with Gasteiger partial charge in [0.1, 0.15) is 5.78 Å². The monoisotopic (exact) mass is 256 g/mol. The summed E-state index contributed by atoms with van der Waals surface area (Å²) in [6.07, 6.45) is 9.75. The molecule has 0 rings (SSSR count). The van der Waals surface area contributed by atoms with Crippen molar-refractivity contribution in [2.75, 3.05) is 6.61 Å². The molecule has 0 saturated heterocycles. The van der Waals surface area contributed by atoms with Crippen LogP contribution in [0.15, 0.2) is 0 Å². The highest BCUT2D eigenvalue weighted by Gasteiger charge is 2.01. The van der Waals surface area contributed by atoms with Crippen LogP contribution in [-0.2, 0) is 14.3 Å². The third-order valence-corrected chi connectivity index (χ3v) is 2.92. The first-order valence-corrected chi connectivity index (χ1v) is 7.32. The molecule has 0 heterocycles. The fourth-order valence-corrected chi connectivity index (χ4v) is 1.75. The Kier molecular flexibility index (Phi) is 12.0. The van der Waals surface area contributed by atoms with Crippen LogP contribution in [0, 0.1) is 0 Å². The maximum atomic E-state index is 11.3. The third-order valence-electron chi connectivity index (χ3n) is 2.92. The van der Waals surface area contributed by atoms with Crippen LogP contribution >= 0.6 is 0 Å². The van der Waals surface area contributed by atoms with Gasteiger partial charge in [0, 0.05) is 12.8 Å². The zero-order valence-corrected chi connectivity index (χ0v) is 12.0. The molecule has 0 bridgehead atoms. The fraction of sp³-hybridized carbons (Fsp3) is 0.867. The van der Waals surface area contributed by atoms with Crippen molar-refractivity contribution in [1.82, 2.24) is 0 Å². The van der Waals surface area contributed by atoms with E-state index in [1.165, 1.54) is 0 Å². The number of carbonyl (C=O) groups excluding carboxylic acids is 2. The van der Waals surface area contributed by atoms with Gasteiger partial charge in [-0.05, 0) is 26.2 Å². The van der Waals surface area contributed by atoms with Gasteiger partial charge in [0.05, 0.1) is 6.61 Å². The van der Waals surface area contributed by atoms with Crippen LogP contribution in [0.1, 0.15) is 78.1 Å². The first-order valence-electron chi connectivity index (χ1n) is 7.32. The summed E-state index contributed by atoms with van der Waals surface area (Å²) in [5.74, 6) is 0.227. The van der Waals surface area contributed by atoms with Gasteiger partial charge in [0.25, 0.3) is 0 Å². The third kappa shape index (κ3) is 13.2. The summed E-state index contributed by atoms with van der Waals surface area (Å²) in [5, 5.41) is 0. The number of rotatable bonds is 12. The van der Waals surface area contributed by atoms with Crippen LogP contribution in [0.5, 0.6) is 0 Å². The standard InChI is InChI=1S/C15H28O3/c1-3-4-13-18-15(17)12-10-8-6-5-7-9-11-14(2)16/h3-13H2,1-2H3. The number of unbranched alkanes of at least 4 members (excludes halogenated alkanes) is 6. The minimum absolute atomic E-state index is 0.0555. The number of ether oxygens (including phenoxy) is 1. The fourth-order valence-electron chi connectivity index (χ4n) is 1.75. The highest BCUT2D eigenvalue weighted by atomic mass is 16.5. The maximum absolute atomic E-state index is 11.3. The van der Waals surface area contributed by atoms with Gasteiger partial charge in [-0.1, -0.05) is 39.0 Å². The summed E-state index contributed by atoms with van der Waals surface area (Å²) < 4.78 is 5.08. The maximum Gasteiger partial charge on any atom is 0.305 e. The smallest absolute Gasteiger partial charge is 0.305 e. The predicted octanol–water partition coefficient (Wildman–Crippen LogP) is 4.04. The first kappa shape index (κ1) is 17.1. The Morgan fingerprint density at radius 1 is 0.833 bits per heavy atom. The summed E-state index contributed by atoms with van der Waals surface area (Å²) in [4.78, 5) is 22.0. The van der Waals surface area contributed by atoms with Gasteiger partial charge in [0.2, 0.25) is 0 Å². The van der Waals surface area contributed by atoms with E-state index in [4.69, 9.17) is 4.74 Å². The molecule has 0 radical (unpaired) electrons. The quantitative estimate of drug-likeness (QED) is 0.391. The molecule has 0 aromatic heterocycles. The lowest BCUT2D eigenvalue weighted by Gasteiger charge is -2.03. The van der Waals surface area contributed by atoms with Crippen molar-refractivity contribution in [1.29, 1.82) is 0 Å². The summed E-state index contributed by atoms with van der Waals surface area (Å²) in [6, 6.07) is 0. The van der Waals surface area contributed by atoms with Crippen molar-refractivity contribution in [3.8, 4) is 0 Å². The van der Waals surface area contributed by atoms with Crippen molar-refractivity contribution in [2.45, 2.75) is 78.1 Å². The van der Waals surface area contributed by atoms with E-state index in [-0.39, 0.29) is 11.8 Å². The summed E-state index contributed by atoms with van der Waals surface area (Å²) in [7, 11) is 0. The lowest BCUT2D eigenvalue weighted by atomic mass is 10.1. The van der Waals surface area contributed by atoms with E-state index in [1.54, 1.807) is 6.92 Å². The molecule has 0 aliphatic rings. The molecule has 0 saturated carbocycles. The van der Waals surface area contributed by atoms with Crippen LogP contribution in [0.2, 0.25) is 0 Å². The van der Waals surface area contributed by atoms with Crippen LogP contribution in [0.25, 0.3) is 0 Å². The van der Waals surface area contributed by atoms with Gasteiger partial charge in [-0.2, -0.15) is 0 Å². The van der Waals surface area contributed by atoms with E-state index in [2.05, 4.69) is 6.92 Å². The second-order valence-corrected chi connectivity index (χ2v) is 4.90. The van der Waals surface area contributed by atoms with Gasteiger partial charge >= 0.3 is 5.97 Å². The molecule has 0 atom stereocenters. The van der Waals surface area contributed by atoms with Crippen LogP contribution in [0.3, 0.4) is 0 Å². The molecule has 0 spiro atoms. The van der Waals surface area contributed by atoms with Crippen molar-refractivity contribution in [3.05, 3.63) is 0 Å². The minimum Gasteiger partial charge on any atom is -0.466 e. The Hall–Kier alpha value is -0.860.